The first kappa shape index (κ1) is 11.3. The molecule has 3 nitrogen and oxygen atoms in total. The van der Waals surface area contributed by atoms with E-state index >= 15 is 0 Å². The summed E-state index contributed by atoms with van der Waals surface area (Å²) in [6, 6.07) is 0. The number of nitrogens with zero attached hydrogens (tertiary/aromatic N) is 2. The number of aliphatic imine (C=N–C) groups is 1. The molecule has 0 fully saturated rings. The molecule has 3 heteroatoms. The molecule has 0 atom stereocenters. The number of hydrogen-bond donors (Lipinski definition) is 0. The maximum absolute atomic E-state index is 10.7. The molecule has 0 aliphatic rings. The van der Waals surface area contributed by atoms with Crippen LogP contribution in [-0.2, 0) is 4.79 Å². The lowest BCUT2D eigenvalue weighted by molar-refractivity contribution is -0.115. The molecule has 0 aliphatic carbocycles. The molecule has 0 saturated carbocycles. The smallest absolute Gasteiger partial charge is 0.135 e. The fourth-order valence-corrected chi connectivity index (χ4v) is 0.857. The third-order valence-electron chi connectivity index (χ3n) is 1.43. The summed E-state index contributed by atoms with van der Waals surface area (Å²) in [5.41, 5.74) is 0.935. The zero-order chi connectivity index (χ0) is 9.56. The van der Waals surface area contributed by atoms with Crippen LogP contribution in [0, 0.1) is 0 Å². The maximum atomic E-state index is 10.7. The number of carbonyl (C=O) groups excluding carboxylic acids is 1. The zero-order valence-corrected chi connectivity index (χ0v) is 8.42. The van der Waals surface area contributed by atoms with Crippen LogP contribution < -0.4 is 0 Å². The Balaban J connectivity index is 3.62. The third-order valence-corrected chi connectivity index (χ3v) is 1.43. The first-order valence-electron chi connectivity index (χ1n) is 4.16. The second-order valence-corrected chi connectivity index (χ2v) is 3.30. The van der Waals surface area contributed by atoms with Crippen LogP contribution in [0.3, 0.4) is 0 Å². The van der Waals surface area contributed by atoms with Gasteiger partial charge < -0.3 is 4.90 Å². The van der Waals surface area contributed by atoms with E-state index in [1.54, 1.807) is 6.92 Å². The van der Waals surface area contributed by atoms with Crippen molar-refractivity contribution in [2.45, 2.75) is 20.3 Å². The molecule has 0 saturated heterocycles. The van der Waals surface area contributed by atoms with Gasteiger partial charge in [-0.15, -0.1) is 0 Å². The van der Waals surface area contributed by atoms with Gasteiger partial charge in [-0.25, -0.2) is 0 Å². The van der Waals surface area contributed by atoms with E-state index in [4.69, 9.17) is 0 Å². The SMILES string of the molecule is CC(=O)C/C(C)=N/CCN(C)C. The maximum Gasteiger partial charge on any atom is 0.135 e. The number of ketones is 1. The van der Waals surface area contributed by atoms with Crippen molar-refractivity contribution in [1.82, 2.24) is 4.90 Å². The van der Waals surface area contributed by atoms with Gasteiger partial charge in [0.1, 0.15) is 5.78 Å². The quantitative estimate of drug-likeness (QED) is 0.576. The van der Waals surface area contributed by atoms with Gasteiger partial charge in [-0.3, -0.25) is 9.79 Å². The fraction of sp³-hybridized carbons (Fsp3) is 0.778. The second-order valence-electron chi connectivity index (χ2n) is 3.30. The summed E-state index contributed by atoms with van der Waals surface area (Å²) in [7, 11) is 4.02. The van der Waals surface area contributed by atoms with Crippen LogP contribution >= 0.6 is 0 Å². The Labute approximate surface area is 74.5 Å². The van der Waals surface area contributed by atoms with Crippen molar-refractivity contribution >= 4 is 11.5 Å². The molecule has 0 aliphatic heterocycles. The highest BCUT2D eigenvalue weighted by atomic mass is 16.1. The van der Waals surface area contributed by atoms with Gasteiger partial charge in [-0.2, -0.15) is 0 Å². The van der Waals surface area contributed by atoms with E-state index in [0.29, 0.717) is 6.42 Å². The van der Waals surface area contributed by atoms with Gasteiger partial charge >= 0.3 is 0 Å². The minimum Gasteiger partial charge on any atom is -0.308 e. The number of likely N-dealkylation sites (N-methyl/N-ethyl adjacent to an activating group) is 1. The predicted octanol–water partition coefficient (Wildman–Crippen LogP) is 0.988. The lowest BCUT2D eigenvalue weighted by atomic mass is 10.2. The van der Waals surface area contributed by atoms with E-state index in [0.717, 1.165) is 18.8 Å². The monoisotopic (exact) mass is 170 g/mol. The average molecular weight is 170 g/mol. The molecule has 12 heavy (non-hydrogen) atoms. The highest BCUT2D eigenvalue weighted by molar-refractivity contribution is 5.99. The van der Waals surface area contributed by atoms with Crippen LogP contribution in [0.15, 0.2) is 4.99 Å². The van der Waals surface area contributed by atoms with E-state index in [1.807, 2.05) is 21.0 Å². The number of carbonyl (C=O) groups is 1. The van der Waals surface area contributed by atoms with Gasteiger partial charge in [-0.1, -0.05) is 0 Å². The topological polar surface area (TPSA) is 32.7 Å². The van der Waals surface area contributed by atoms with Crippen molar-refractivity contribution in [3.63, 3.8) is 0 Å². The third kappa shape index (κ3) is 7.41. The minimum absolute atomic E-state index is 0.182. The van der Waals surface area contributed by atoms with E-state index in [1.165, 1.54) is 0 Å². The average Bonchev–Trinajstić information content (AvgIpc) is 1.84. The Morgan fingerprint density at radius 2 is 1.92 bits per heavy atom. The van der Waals surface area contributed by atoms with E-state index in [9.17, 15) is 4.79 Å². The highest BCUT2D eigenvalue weighted by Gasteiger charge is 1.95. The predicted molar refractivity (Wildman–Crippen MR) is 51.8 cm³/mol. The Hall–Kier alpha value is -0.700. The molecule has 0 spiro atoms. The summed E-state index contributed by atoms with van der Waals surface area (Å²) in [5, 5.41) is 0. The van der Waals surface area contributed by atoms with Crippen LogP contribution in [0.4, 0.5) is 0 Å². The first-order chi connectivity index (χ1) is 5.52. The number of rotatable bonds is 5. The molecule has 0 aromatic rings. The van der Waals surface area contributed by atoms with Crippen LogP contribution in [0.25, 0.3) is 0 Å². The normalized spacial score (nSPS) is 12.2. The lowest BCUT2D eigenvalue weighted by Gasteiger charge is -2.06. The van der Waals surface area contributed by atoms with Gasteiger partial charge in [0, 0.05) is 18.7 Å². The van der Waals surface area contributed by atoms with E-state index < -0.39 is 0 Å². The molecule has 0 unspecified atom stereocenters. The molecule has 70 valence electrons. The zero-order valence-electron chi connectivity index (χ0n) is 8.42. The van der Waals surface area contributed by atoms with Crippen molar-refractivity contribution in [3.05, 3.63) is 0 Å². The van der Waals surface area contributed by atoms with Gasteiger partial charge in [0.25, 0.3) is 0 Å². The molecule has 0 aromatic carbocycles. The first-order valence-corrected chi connectivity index (χ1v) is 4.16. The minimum atomic E-state index is 0.182. The Morgan fingerprint density at radius 1 is 1.33 bits per heavy atom. The fourth-order valence-electron chi connectivity index (χ4n) is 0.857. The molecule has 0 N–H and O–H groups in total. The molecule has 0 rings (SSSR count). The summed E-state index contributed by atoms with van der Waals surface area (Å²) in [5.74, 6) is 0.182. The van der Waals surface area contributed by atoms with Crippen LogP contribution in [0.1, 0.15) is 20.3 Å². The van der Waals surface area contributed by atoms with Gasteiger partial charge in [0.15, 0.2) is 0 Å². The van der Waals surface area contributed by atoms with E-state index in [-0.39, 0.29) is 5.78 Å². The summed E-state index contributed by atoms with van der Waals surface area (Å²) >= 11 is 0. The Morgan fingerprint density at radius 3 is 2.33 bits per heavy atom. The standard InChI is InChI=1S/C9H18N2O/c1-8(7-9(2)12)10-5-6-11(3)4/h5-7H2,1-4H3/b10-8+. The summed E-state index contributed by atoms with van der Waals surface area (Å²) < 4.78 is 0. The summed E-state index contributed by atoms with van der Waals surface area (Å²) in [4.78, 5) is 17.0. The number of hydrogen-bond acceptors (Lipinski definition) is 3. The summed E-state index contributed by atoms with van der Waals surface area (Å²) in [6.07, 6.45) is 0.493. The van der Waals surface area contributed by atoms with Crippen molar-refractivity contribution in [1.29, 1.82) is 0 Å². The molecular weight excluding hydrogens is 152 g/mol. The molecular formula is C9H18N2O. The highest BCUT2D eigenvalue weighted by Crippen LogP contribution is 1.88. The Kier molecular flexibility index (Phi) is 5.54. The number of Topliss-reactive ketones (excluding diaryl/α,β-unsaturated/α-hetero) is 1. The second kappa shape index (κ2) is 5.89. The van der Waals surface area contributed by atoms with Gasteiger partial charge in [0.2, 0.25) is 0 Å². The largest absolute Gasteiger partial charge is 0.308 e. The summed E-state index contributed by atoms with van der Waals surface area (Å²) in [6.45, 7) is 5.21. The van der Waals surface area contributed by atoms with Crippen molar-refractivity contribution in [2.75, 3.05) is 27.2 Å². The molecule has 0 heterocycles. The van der Waals surface area contributed by atoms with Crippen molar-refractivity contribution < 1.29 is 4.79 Å². The van der Waals surface area contributed by atoms with Crippen LogP contribution in [0.2, 0.25) is 0 Å². The molecule has 0 amide bonds. The van der Waals surface area contributed by atoms with Crippen LogP contribution in [0.5, 0.6) is 0 Å². The lowest BCUT2D eigenvalue weighted by Crippen LogP contribution is -2.16. The van der Waals surface area contributed by atoms with E-state index in [2.05, 4.69) is 9.89 Å². The molecule has 0 bridgehead atoms. The van der Waals surface area contributed by atoms with Gasteiger partial charge in [-0.05, 0) is 27.9 Å². The van der Waals surface area contributed by atoms with Gasteiger partial charge in [0.05, 0.1) is 6.54 Å². The molecule has 0 aromatic heterocycles. The molecule has 0 radical (unpaired) electrons. The van der Waals surface area contributed by atoms with Crippen LogP contribution in [-0.4, -0.2) is 43.6 Å². The van der Waals surface area contributed by atoms with Crippen molar-refractivity contribution in [2.24, 2.45) is 4.99 Å². The van der Waals surface area contributed by atoms with Crippen molar-refractivity contribution in [3.8, 4) is 0 Å². The Bertz CT molecular complexity index is 173.